The van der Waals surface area contributed by atoms with Crippen LogP contribution in [0.1, 0.15) is 24.9 Å². The number of aliphatic carboxylic acids is 1. The molecule has 18 heavy (non-hydrogen) atoms. The summed E-state index contributed by atoms with van der Waals surface area (Å²) in [6.45, 7) is 1.81. The van der Waals surface area contributed by atoms with Crippen LogP contribution in [0.15, 0.2) is 24.3 Å². The van der Waals surface area contributed by atoms with Crippen LogP contribution in [0.5, 0.6) is 0 Å². The maximum absolute atomic E-state index is 11.5. The van der Waals surface area contributed by atoms with Crippen molar-refractivity contribution in [3.8, 4) is 0 Å². The van der Waals surface area contributed by atoms with Crippen molar-refractivity contribution in [1.82, 2.24) is 4.72 Å². The average molecular weight is 292 g/mol. The summed E-state index contributed by atoms with van der Waals surface area (Å²) in [5.74, 6) is -2.31. The molecule has 0 saturated carbocycles. The Morgan fingerprint density at radius 1 is 1.39 bits per heavy atom. The third-order valence-corrected chi connectivity index (χ3v) is 3.84. The van der Waals surface area contributed by atoms with Gasteiger partial charge in [-0.3, -0.25) is 4.79 Å². The van der Waals surface area contributed by atoms with Crippen LogP contribution in [0.3, 0.4) is 0 Å². The summed E-state index contributed by atoms with van der Waals surface area (Å²) in [5.41, 5.74) is 0.746. The van der Waals surface area contributed by atoms with Crippen LogP contribution in [-0.2, 0) is 14.8 Å². The number of carboxylic acid groups (broad SMARTS) is 1. The predicted molar refractivity (Wildman–Crippen MR) is 69.0 cm³/mol. The first-order chi connectivity index (χ1) is 8.34. The van der Waals surface area contributed by atoms with Crippen LogP contribution in [0.2, 0.25) is 5.02 Å². The van der Waals surface area contributed by atoms with Gasteiger partial charge in [-0.15, -0.1) is 0 Å². The van der Waals surface area contributed by atoms with Crippen molar-refractivity contribution in [3.63, 3.8) is 0 Å². The highest BCUT2D eigenvalue weighted by Gasteiger charge is 2.20. The van der Waals surface area contributed by atoms with E-state index in [4.69, 9.17) is 16.7 Å². The number of benzene rings is 1. The third-order valence-electron chi connectivity index (χ3n) is 2.32. The summed E-state index contributed by atoms with van der Waals surface area (Å²) in [6, 6.07) is 6.28. The summed E-state index contributed by atoms with van der Waals surface area (Å²) in [6.07, 6.45) is 0.514. The van der Waals surface area contributed by atoms with E-state index in [1.165, 1.54) is 0 Å². The molecule has 0 saturated heterocycles. The Balaban J connectivity index is 2.85. The highest BCUT2D eigenvalue weighted by atomic mass is 35.5. The van der Waals surface area contributed by atoms with E-state index in [0.29, 0.717) is 11.4 Å². The first-order valence-electron chi connectivity index (χ1n) is 5.31. The maximum atomic E-state index is 11.5. The van der Waals surface area contributed by atoms with E-state index in [0.717, 1.165) is 5.56 Å². The fourth-order valence-corrected chi connectivity index (χ4v) is 2.77. The molecule has 0 aliphatic rings. The van der Waals surface area contributed by atoms with Gasteiger partial charge in [0.05, 0.1) is 0 Å². The number of sulfonamides is 1. The summed E-state index contributed by atoms with van der Waals surface area (Å²) < 4.78 is 25.4. The Kier molecular flexibility index (Phi) is 5.13. The zero-order valence-electron chi connectivity index (χ0n) is 9.76. The minimum absolute atomic E-state index is 0.452. The second-order valence-electron chi connectivity index (χ2n) is 3.78. The van der Waals surface area contributed by atoms with E-state index in [-0.39, 0.29) is 0 Å². The van der Waals surface area contributed by atoms with Gasteiger partial charge in [0.2, 0.25) is 10.0 Å². The van der Waals surface area contributed by atoms with Crippen molar-refractivity contribution in [1.29, 1.82) is 0 Å². The largest absolute Gasteiger partial charge is 0.480 e. The minimum atomic E-state index is -3.83. The van der Waals surface area contributed by atoms with Crippen LogP contribution >= 0.6 is 11.6 Å². The number of carbonyl (C=O) groups is 1. The molecule has 0 aliphatic carbocycles. The fourth-order valence-electron chi connectivity index (χ4n) is 1.50. The molecule has 0 amide bonds. The van der Waals surface area contributed by atoms with Gasteiger partial charge in [0.15, 0.2) is 5.75 Å². The lowest BCUT2D eigenvalue weighted by Crippen LogP contribution is -2.33. The van der Waals surface area contributed by atoms with Crippen molar-refractivity contribution in [3.05, 3.63) is 34.9 Å². The van der Waals surface area contributed by atoms with E-state index in [9.17, 15) is 13.2 Å². The second kappa shape index (κ2) is 6.17. The molecule has 7 heteroatoms. The molecule has 0 fully saturated rings. The summed E-state index contributed by atoms with van der Waals surface area (Å²) in [7, 11) is -3.83. The molecular weight excluding hydrogens is 278 g/mol. The van der Waals surface area contributed by atoms with E-state index < -0.39 is 27.8 Å². The van der Waals surface area contributed by atoms with Gasteiger partial charge in [0, 0.05) is 11.1 Å². The van der Waals surface area contributed by atoms with E-state index in [1.54, 1.807) is 24.3 Å². The van der Waals surface area contributed by atoms with Crippen LogP contribution in [0.25, 0.3) is 0 Å². The van der Waals surface area contributed by atoms with Crippen molar-refractivity contribution in [2.75, 3.05) is 5.75 Å². The zero-order valence-corrected chi connectivity index (χ0v) is 11.3. The van der Waals surface area contributed by atoms with Crippen molar-refractivity contribution < 1.29 is 18.3 Å². The molecule has 1 atom stereocenters. The smallest absolute Gasteiger partial charge is 0.320 e. The molecule has 0 heterocycles. The molecular formula is C11H14ClNO4S. The van der Waals surface area contributed by atoms with E-state index in [2.05, 4.69) is 4.72 Å². The molecule has 1 aromatic carbocycles. The van der Waals surface area contributed by atoms with Gasteiger partial charge in [0.25, 0.3) is 0 Å². The third kappa shape index (κ3) is 4.64. The van der Waals surface area contributed by atoms with Crippen molar-refractivity contribution in [2.45, 2.75) is 19.4 Å². The number of rotatable bonds is 6. The summed E-state index contributed by atoms with van der Waals surface area (Å²) in [4.78, 5) is 10.4. The Hall–Kier alpha value is -1.11. The highest BCUT2D eigenvalue weighted by Crippen LogP contribution is 2.19. The normalized spacial score (nSPS) is 13.2. The molecule has 0 bridgehead atoms. The monoisotopic (exact) mass is 291 g/mol. The molecule has 2 N–H and O–H groups in total. The first kappa shape index (κ1) is 14.9. The Bertz CT molecular complexity index is 512. The molecule has 1 unspecified atom stereocenters. The number of halogens is 1. The lowest BCUT2D eigenvalue weighted by Gasteiger charge is -2.16. The SMILES string of the molecule is CCC(NS(=O)(=O)CC(=O)O)c1ccc(Cl)cc1. The summed E-state index contributed by atoms with van der Waals surface area (Å²) >= 11 is 5.75. The lowest BCUT2D eigenvalue weighted by molar-refractivity contribution is -0.134. The number of hydrogen-bond acceptors (Lipinski definition) is 3. The minimum Gasteiger partial charge on any atom is -0.480 e. The molecule has 100 valence electrons. The standard InChI is InChI=1S/C11H14ClNO4S/c1-2-10(8-3-5-9(12)6-4-8)13-18(16,17)7-11(14)15/h3-6,10,13H,2,7H2,1H3,(H,14,15). The molecule has 0 aromatic heterocycles. The fraction of sp³-hybridized carbons (Fsp3) is 0.364. The first-order valence-corrected chi connectivity index (χ1v) is 7.34. The quantitative estimate of drug-likeness (QED) is 0.837. The Morgan fingerprint density at radius 3 is 2.39 bits per heavy atom. The maximum Gasteiger partial charge on any atom is 0.320 e. The van der Waals surface area contributed by atoms with Gasteiger partial charge >= 0.3 is 5.97 Å². The Morgan fingerprint density at radius 2 is 1.94 bits per heavy atom. The van der Waals surface area contributed by atoms with E-state index >= 15 is 0 Å². The molecule has 0 aliphatic heterocycles. The predicted octanol–water partition coefficient (Wildman–Crippen LogP) is 1.80. The average Bonchev–Trinajstić information content (AvgIpc) is 2.25. The summed E-state index contributed by atoms with van der Waals surface area (Å²) in [5, 5.41) is 9.06. The lowest BCUT2D eigenvalue weighted by atomic mass is 10.1. The number of carboxylic acids is 1. The van der Waals surface area contributed by atoms with Gasteiger partial charge in [0.1, 0.15) is 0 Å². The number of nitrogens with one attached hydrogen (secondary N) is 1. The highest BCUT2D eigenvalue weighted by molar-refractivity contribution is 7.90. The van der Waals surface area contributed by atoms with Crippen LogP contribution < -0.4 is 4.72 Å². The van der Waals surface area contributed by atoms with Crippen molar-refractivity contribution >= 4 is 27.6 Å². The number of hydrogen-bond donors (Lipinski definition) is 2. The topological polar surface area (TPSA) is 83.5 Å². The second-order valence-corrected chi connectivity index (χ2v) is 5.97. The molecule has 1 rings (SSSR count). The van der Waals surface area contributed by atoms with Gasteiger partial charge in [-0.05, 0) is 24.1 Å². The molecule has 0 spiro atoms. The van der Waals surface area contributed by atoms with Crippen LogP contribution in [0.4, 0.5) is 0 Å². The Labute approximate surface area is 111 Å². The zero-order chi connectivity index (χ0) is 13.8. The van der Waals surface area contributed by atoms with Crippen LogP contribution in [-0.4, -0.2) is 25.2 Å². The van der Waals surface area contributed by atoms with E-state index in [1.807, 2.05) is 6.92 Å². The van der Waals surface area contributed by atoms with Crippen LogP contribution in [0, 0.1) is 0 Å². The van der Waals surface area contributed by atoms with Gasteiger partial charge in [-0.25, -0.2) is 13.1 Å². The van der Waals surface area contributed by atoms with Gasteiger partial charge < -0.3 is 5.11 Å². The van der Waals surface area contributed by atoms with Crippen molar-refractivity contribution in [2.24, 2.45) is 0 Å². The molecule has 1 aromatic rings. The van der Waals surface area contributed by atoms with Gasteiger partial charge in [-0.1, -0.05) is 30.7 Å². The molecule has 0 radical (unpaired) electrons. The van der Waals surface area contributed by atoms with Gasteiger partial charge in [-0.2, -0.15) is 0 Å². The molecule has 5 nitrogen and oxygen atoms in total.